The van der Waals surface area contributed by atoms with Gasteiger partial charge in [-0.1, -0.05) is 23.2 Å². The third kappa shape index (κ3) is 1.33. The van der Waals surface area contributed by atoms with Gasteiger partial charge in [0.05, 0.1) is 5.02 Å². The van der Waals surface area contributed by atoms with Crippen LogP contribution in [-0.4, -0.2) is 4.57 Å². The van der Waals surface area contributed by atoms with E-state index in [1.165, 1.54) is 12.3 Å². The molecule has 0 aliphatic heterocycles. The molecule has 0 fully saturated rings. The van der Waals surface area contributed by atoms with Gasteiger partial charge in [-0.25, -0.2) is 0 Å². The van der Waals surface area contributed by atoms with Gasteiger partial charge < -0.3 is 4.57 Å². The molecule has 0 aliphatic rings. The van der Waals surface area contributed by atoms with Crippen molar-refractivity contribution in [1.82, 2.24) is 4.57 Å². The average Bonchev–Trinajstić information content (AvgIpc) is 1.82. The molecule has 4 heteroatoms. The molecule has 1 aromatic rings. The first kappa shape index (κ1) is 7.63. The molecule has 53 valence electrons. The molecule has 0 aliphatic carbocycles. The van der Waals surface area contributed by atoms with Gasteiger partial charge in [-0.3, -0.25) is 4.79 Å². The van der Waals surface area contributed by atoms with Gasteiger partial charge in [0.15, 0.2) is 0 Å². The van der Waals surface area contributed by atoms with Gasteiger partial charge >= 0.3 is 0 Å². The highest BCUT2D eigenvalue weighted by Crippen LogP contribution is 2.09. The van der Waals surface area contributed by atoms with E-state index in [0.29, 0.717) is 5.02 Å². The molecule has 1 heterocycles. The van der Waals surface area contributed by atoms with Gasteiger partial charge in [-0.2, -0.15) is 0 Å². The lowest BCUT2D eigenvalue weighted by Crippen LogP contribution is -2.14. The lowest BCUT2D eigenvalue weighted by Gasteiger charge is -1.96. The Kier molecular flexibility index (Phi) is 2.02. The number of rotatable bonds is 0. The van der Waals surface area contributed by atoms with Gasteiger partial charge in [0.25, 0.3) is 5.56 Å². The first-order chi connectivity index (χ1) is 4.61. The summed E-state index contributed by atoms with van der Waals surface area (Å²) in [4.78, 5) is 10.8. The van der Waals surface area contributed by atoms with Crippen molar-refractivity contribution in [2.75, 3.05) is 0 Å². The zero-order valence-corrected chi connectivity index (χ0v) is 6.49. The minimum Gasteiger partial charge on any atom is -0.311 e. The highest BCUT2D eigenvalue weighted by molar-refractivity contribution is 6.34. The maximum absolute atomic E-state index is 10.8. The van der Waals surface area contributed by atoms with E-state index in [9.17, 15) is 4.79 Å². The minimum atomic E-state index is -0.342. The molecule has 0 aromatic carbocycles. The monoisotopic (exact) mass is 176 g/mol. The summed E-state index contributed by atoms with van der Waals surface area (Å²) < 4.78 is 1.09. The average molecular weight is 177 g/mol. The number of aromatic nitrogens is 1. The second-order valence-electron chi connectivity index (χ2n) is 1.78. The van der Waals surface area contributed by atoms with E-state index in [1.54, 1.807) is 0 Å². The van der Waals surface area contributed by atoms with Crippen LogP contribution in [0.2, 0.25) is 10.0 Å². The van der Waals surface area contributed by atoms with Crippen LogP contribution in [-0.2, 0) is 0 Å². The summed E-state index contributed by atoms with van der Waals surface area (Å²) in [5, 5.41) is 0.488. The van der Waals surface area contributed by atoms with Crippen molar-refractivity contribution in [3.63, 3.8) is 0 Å². The fraction of sp³-hybridized carbons (Fsp3) is 0. The SMILES string of the molecule is [CH2]n1cc(Cl)cc(Cl)c1=O. The molecule has 1 aromatic heterocycles. The third-order valence-corrected chi connectivity index (χ3v) is 1.49. The summed E-state index contributed by atoms with van der Waals surface area (Å²) in [5.74, 6) is 0. The van der Waals surface area contributed by atoms with Crippen LogP contribution in [0.1, 0.15) is 0 Å². The Balaban J connectivity index is 3.46. The van der Waals surface area contributed by atoms with Crippen LogP contribution in [0, 0.1) is 7.05 Å². The van der Waals surface area contributed by atoms with Crippen LogP contribution >= 0.6 is 23.2 Å². The lowest BCUT2D eigenvalue weighted by atomic mass is 10.5. The Labute approximate surface area is 68.0 Å². The van der Waals surface area contributed by atoms with Crippen LogP contribution in [0.15, 0.2) is 17.1 Å². The number of nitrogens with zero attached hydrogens (tertiary/aromatic N) is 1. The van der Waals surface area contributed by atoms with Gasteiger partial charge in [0, 0.05) is 13.2 Å². The van der Waals surface area contributed by atoms with Crippen LogP contribution in [0.4, 0.5) is 0 Å². The van der Waals surface area contributed by atoms with E-state index >= 15 is 0 Å². The normalized spacial score (nSPS) is 9.90. The molecule has 1 radical (unpaired) electrons. The molecule has 0 N–H and O–H groups in total. The molecule has 0 spiro atoms. The van der Waals surface area contributed by atoms with Crippen LogP contribution in [0.3, 0.4) is 0 Å². The number of hydrogen-bond acceptors (Lipinski definition) is 1. The highest BCUT2D eigenvalue weighted by atomic mass is 35.5. The maximum atomic E-state index is 10.8. The van der Waals surface area contributed by atoms with Gasteiger partial charge in [-0.15, -0.1) is 0 Å². The summed E-state index contributed by atoms with van der Waals surface area (Å²) in [6.45, 7) is 0. The van der Waals surface area contributed by atoms with Crippen molar-refractivity contribution in [3.8, 4) is 0 Å². The van der Waals surface area contributed by atoms with Crippen molar-refractivity contribution in [1.29, 1.82) is 0 Å². The van der Waals surface area contributed by atoms with Crippen molar-refractivity contribution in [2.45, 2.75) is 0 Å². The van der Waals surface area contributed by atoms with E-state index in [2.05, 4.69) is 7.05 Å². The van der Waals surface area contributed by atoms with Crippen molar-refractivity contribution >= 4 is 23.2 Å². The summed E-state index contributed by atoms with van der Waals surface area (Å²) in [7, 11) is 3.38. The Morgan fingerprint density at radius 2 is 2.10 bits per heavy atom. The Hall–Kier alpha value is -0.470. The van der Waals surface area contributed by atoms with E-state index in [0.717, 1.165) is 4.57 Å². The van der Waals surface area contributed by atoms with Gasteiger partial charge in [0.1, 0.15) is 5.02 Å². The van der Waals surface area contributed by atoms with Crippen molar-refractivity contribution in [2.24, 2.45) is 0 Å². The predicted octanol–water partition coefficient (Wildman–Crippen LogP) is 1.79. The standard InChI is InChI=1S/C6H4Cl2NO/c1-9-3-4(7)2-5(8)6(9)10/h2-3H,1H2. The first-order valence-corrected chi connectivity index (χ1v) is 3.25. The highest BCUT2D eigenvalue weighted by Gasteiger charge is 1.98. The lowest BCUT2D eigenvalue weighted by molar-refractivity contribution is 0.992. The second-order valence-corrected chi connectivity index (χ2v) is 2.62. The number of halogens is 2. The summed E-state index contributed by atoms with van der Waals surface area (Å²) in [6.07, 6.45) is 1.40. The molecule has 1 rings (SSSR count). The van der Waals surface area contributed by atoms with Crippen LogP contribution in [0.5, 0.6) is 0 Å². The molecule has 0 saturated heterocycles. The third-order valence-electron chi connectivity index (χ3n) is 1.01. The molecule has 10 heavy (non-hydrogen) atoms. The van der Waals surface area contributed by atoms with E-state index in [1.807, 2.05) is 0 Å². The fourth-order valence-corrected chi connectivity index (χ4v) is 1.07. The van der Waals surface area contributed by atoms with Crippen LogP contribution < -0.4 is 5.56 Å². The predicted molar refractivity (Wildman–Crippen MR) is 41.5 cm³/mol. The van der Waals surface area contributed by atoms with Gasteiger partial charge in [-0.05, 0) is 6.07 Å². The topological polar surface area (TPSA) is 22.0 Å². The van der Waals surface area contributed by atoms with Gasteiger partial charge in [0.2, 0.25) is 0 Å². The quantitative estimate of drug-likeness (QED) is 0.592. The van der Waals surface area contributed by atoms with Crippen molar-refractivity contribution in [3.05, 3.63) is 39.7 Å². The van der Waals surface area contributed by atoms with Crippen LogP contribution in [0.25, 0.3) is 0 Å². The zero-order valence-electron chi connectivity index (χ0n) is 4.97. The Morgan fingerprint density at radius 3 is 2.60 bits per heavy atom. The van der Waals surface area contributed by atoms with Crippen molar-refractivity contribution < 1.29 is 0 Å². The smallest absolute Gasteiger partial charge is 0.269 e. The number of pyridine rings is 1. The summed E-state index contributed by atoms with van der Waals surface area (Å²) >= 11 is 11.0. The minimum absolute atomic E-state index is 0.0856. The Bertz CT molecular complexity index is 279. The molecule has 0 saturated carbocycles. The largest absolute Gasteiger partial charge is 0.311 e. The number of hydrogen-bond donors (Lipinski definition) is 0. The molecule has 0 amide bonds. The van der Waals surface area contributed by atoms with E-state index < -0.39 is 0 Å². The van der Waals surface area contributed by atoms with E-state index in [4.69, 9.17) is 23.2 Å². The molecule has 0 unspecified atom stereocenters. The summed E-state index contributed by atoms with van der Waals surface area (Å²) in [5.41, 5.74) is -0.342. The second kappa shape index (κ2) is 2.64. The molecular weight excluding hydrogens is 173 g/mol. The molecular formula is C6H4Cl2NO. The molecule has 0 bridgehead atoms. The molecule has 0 atom stereocenters. The van der Waals surface area contributed by atoms with E-state index in [-0.39, 0.29) is 10.6 Å². The first-order valence-electron chi connectivity index (χ1n) is 2.50. The summed E-state index contributed by atoms with van der Waals surface area (Å²) in [6, 6.07) is 1.38. The molecule has 2 nitrogen and oxygen atoms in total. The Morgan fingerprint density at radius 1 is 1.50 bits per heavy atom. The zero-order chi connectivity index (χ0) is 7.72. The maximum Gasteiger partial charge on any atom is 0.269 e. The fourth-order valence-electron chi connectivity index (χ4n) is 0.565.